The van der Waals surface area contributed by atoms with Crippen LogP contribution in [0.5, 0.6) is 11.5 Å². The smallest absolute Gasteiger partial charge is 0.131 e. The van der Waals surface area contributed by atoms with E-state index in [9.17, 15) is 4.39 Å². The molecule has 2 nitrogen and oxygen atoms in total. The Morgan fingerprint density at radius 2 is 2.10 bits per heavy atom. The molecule has 20 heavy (non-hydrogen) atoms. The van der Waals surface area contributed by atoms with Crippen molar-refractivity contribution in [1.29, 1.82) is 0 Å². The molecule has 0 radical (unpaired) electrons. The van der Waals surface area contributed by atoms with E-state index in [1.54, 1.807) is 12.1 Å². The number of hydrogen-bond acceptors (Lipinski definition) is 2. The van der Waals surface area contributed by atoms with Crippen molar-refractivity contribution in [2.75, 3.05) is 7.11 Å². The summed E-state index contributed by atoms with van der Waals surface area (Å²) in [4.78, 5) is 0. The molecule has 2 aromatic rings. The molecule has 3 rings (SSSR count). The number of alkyl halides is 1. The molecule has 0 saturated heterocycles. The van der Waals surface area contributed by atoms with E-state index in [1.807, 2.05) is 24.3 Å². The van der Waals surface area contributed by atoms with Crippen LogP contribution in [0, 0.1) is 5.82 Å². The van der Waals surface area contributed by atoms with Crippen LogP contribution in [0.1, 0.15) is 16.5 Å². The van der Waals surface area contributed by atoms with E-state index in [-0.39, 0.29) is 11.9 Å². The van der Waals surface area contributed by atoms with Gasteiger partial charge in [-0.15, -0.1) is 11.6 Å². The minimum Gasteiger partial charge on any atom is -0.497 e. The van der Waals surface area contributed by atoms with Gasteiger partial charge in [0.05, 0.1) is 12.5 Å². The number of methoxy groups -OCH3 is 1. The van der Waals surface area contributed by atoms with Crippen molar-refractivity contribution in [3.63, 3.8) is 0 Å². The summed E-state index contributed by atoms with van der Waals surface area (Å²) < 4.78 is 24.8. The number of benzene rings is 2. The fourth-order valence-corrected chi connectivity index (χ4v) is 2.75. The standard InChI is InChI=1S/C16H14ClFO2/c1-19-11-6-7-12(13(18)9-11)16(17)15-8-10-4-2-3-5-14(10)20-15/h2-7,9,15-16H,8H2,1H3. The van der Waals surface area contributed by atoms with Crippen molar-refractivity contribution in [3.05, 3.63) is 59.4 Å². The van der Waals surface area contributed by atoms with Crippen LogP contribution >= 0.6 is 11.6 Å². The highest BCUT2D eigenvalue weighted by Gasteiger charge is 2.31. The van der Waals surface area contributed by atoms with Crippen LogP contribution in [0.4, 0.5) is 4.39 Å². The molecule has 0 aliphatic carbocycles. The molecule has 0 N–H and O–H groups in total. The van der Waals surface area contributed by atoms with Gasteiger partial charge < -0.3 is 9.47 Å². The lowest BCUT2D eigenvalue weighted by Gasteiger charge is -2.18. The summed E-state index contributed by atoms with van der Waals surface area (Å²) >= 11 is 6.40. The van der Waals surface area contributed by atoms with Gasteiger partial charge in [-0.25, -0.2) is 4.39 Å². The zero-order valence-electron chi connectivity index (χ0n) is 11.0. The van der Waals surface area contributed by atoms with Gasteiger partial charge in [0.15, 0.2) is 0 Å². The van der Waals surface area contributed by atoms with E-state index in [0.717, 1.165) is 11.3 Å². The Balaban J connectivity index is 1.82. The third-order valence-corrected chi connectivity index (χ3v) is 4.02. The van der Waals surface area contributed by atoms with Crippen LogP contribution in [-0.4, -0.2) is 13.2 Å². The highest BCUT2D eigenvalue weighted by Crippen LogP contribution is 2.38. The van der Waals surface area contributed by atoms with Gasteiger partial charge in [-0.2, -0.15) is 0 Å². The monoisotopic (exact) mass is 292 g/mol. The maximum Gasteiger partial charge on any atom is 0.131 e. The predicted molar refractivity (Wildman–Crippen MR) is 76.1 cm³/mol. The number of para-hydroxylation sites is 1. The van der Waals surface area contributed by atoms with Crippen molar-refractivity contribution in [2.45, 2.75) is 17.9 Å². The summed E-state index contributed by atoms with van der Waals surface area (Å²) in [6.45, 7) is 0. The summed E-state index contributed by atoms with van der Waals surface area (Å²) in [5.74, 6) is 0.937. The maximum absolute atomic E-state index is 14.0. The first kappa shape index (κ1) is 13.3. The van der Waals surface area contributed by atoms with Crippen molar-refractivity contribution in [2.24, 2.45) is 0 Å². The second kappa shape index (κ2) is 5.33. The highest BCUT2D eigenvalue weighted by molar-refractivity contribution is 6.21. The fourth-order valence-electron chi connectivity index (χ4n) is 2.43. The van der Waals surface area contributed by atoms with Crippen LogP contribution in [0.2, 0.25) is 0 Å². The number of rotatable bonds is 3. The minimum atomic E-state index is -0.534. The van der Waals surface area contributed by atoms with Crippen LogP contribution in [-0.2, 0) is 6.42 Å². The van der Waals surface area contributed by atoms with Gasteiger partial charge in [0.25, 0.3) is 0 Å². The quantitative estimate of drug-likeness (QED) is 0.792. The molecular weight excluding hydrogens is 279 g/mol. The Labute approximate surface area is 122 Å². The molecule has 0 spiro atoms. The fraction of sp³-hybridized carbons (Fsp3) is 0.250. The molecule has 2 unspecified atom stereocenters. The van der Waals surface area contributed by atoms with E-state index in [4.69, 9.17) is 21.1 Å². The van der Waals surface area contributed by atoms with Crippen LogP contribution in [0.25, 0.3) is 0 Å². The van der Waals surface area contributed by atoms with Crippen molar-refractivity contribution < 1.29 is 13.9 Å². The molecule has 1 aliphatic heterocycles. The minimum absolute atomic E-state index is 0.253. The largest absolute Gasteiger partial charge is 0.497 e. The lowest BCUT2D eigenvalue weighted by molar-refractivity contribution is 0.225. The third-order valence-electron chi connectivity index (χ3n) is 3.50. The number of halogens is 2. The molecule has 0 saturated carbocycles. The Kier molecular flexibility index (Phi) is 3.53. The number of hydrogen-bond donors (Lipinski definition) is 0. The average molecular weight is 293 g/mol. The van der Waals surface area contributed by atoms with Gasteiger partial charge in [-0.1, -0.05) is 24.3 Å². The Morgan fingerprint density at radius 3 is 2.80 bits per heavy atom. The summed E-state index contributed by atoms with van der Waals surface area (Å²) in [5, 5.41) is -0.534. The molecule has 1 aliphatic rings. The molecule has 1 heterocycles. The maximum atomic E-state index is 14.0. The molecule has 0 fully saturated rings. The zero-order valence-corrected chi connectivity index (χ0v) is 11.7. The summed E-state index contributed by atoms with van der Waals surface area (Å²) in [5.41, 5.74) is 1.54. The van der Waals surface area contributed by atoms with Gasteiger partial charge in [0.1, 0.15) is 23.4 Å². The Hall–Kier alpha value is -1.74. The molecule has 2 aromatic carbocycles. The molecular formula is C16H14ClFO2. The Bertz CT molecular complexity index is 605. The highest BCUT2D eigenvalue weighted by atomic mass is 35.5. The first-order chi connectivity index (χ1) is 9.69. The van der Waals surface area contributed by atoms with Crippen LogP contribution in [0.15, 0.2) is 42.5 Å². The zero-order chi connectivity index (χ0) is 14.1. The van der Waals surface area contributed by atoms with Gasteiger partial charge in [0, 0.05) is 18.1 Å². The van der Waals surface area contributed by atoms with E-state index in [1.165, 1.54) is 13.2 Å². The summed E-state index contributed by atoms with van der Waals surface area (Å²) in [6.07, 6.45) is 0.437. The molecule has 0 bridgehead atoms. The van der Waals surface area contributed by atoms with Gasteiger partial charge in [-0.05, 0) is 17.7 Å². The predicted octanol–water partition coefficient (Wildman–Crippen LogP) is 4.12. The van der Waals surface area contributed by atoms with E-state index in [0.29, 0.717) is 17.7 Å². The molecule has 0 amide bonds. The first-order valence-electron chi connectivity index (χ1n) is 6.41. The number of fused-ring (bicyclic) bond motifs is 1. The normalized spacial score (nSPS) is 18.2. The van der Waals surface area contributed by atoms with Crippen molar-refractivity contribution >= 4 is 11.6 Å². The molecule has 4 heteroatoms. The van der Waals surface area contributed by atoms with Crippen LogP contribution < -0.4 is 9.47 Å². The van der Waals surface area contributed by atoms with E-state index >= 15 is 0 Å². The molecule has 2 atom stereocenters. The molecule has 104 valence electrons. The van der Waals surface area contributed by atoms with Gasteiger partial charge >= 0.3 is 0 Å². The summed E-state index contributed by atoms with van der Waals surface area (Å²) in [6, 6.07) is 12.5. The van der Waals surface area contributed by atoms with E-state index in [2.05, 4.69) is 0 Å². The second-order valence-corrected chi connectivity index (χ2v) is 5.23. The van der Waals surface area contributed by atoms with Gasteiger partial charge in [-0.3, -0.25) is 0 Å². The SMILES string of the molecule is COc1ccc(C(Cl)C2Cc3ccccc3O2)c(F)c1. The van der Waals surface area contributed by atoms with Crippen molar-refractivity contribution in [3.8, 4) is 11.5 Å². The average Bonchev–Trinajstić information content (AvgIpc) is 2.90. The van der Waals surface area contributed by atoms with E-state index < -0.39 is 5.38 Å². The summed E-state index contributed by atoms with van der Waals surface area (Å²) in [7, 11) is 1.50. The molecule has 0 aromatic heterocycles. The first-order valence-corrected chi connectivity index (χ1v) is 6.85. The second-order valence-electron chi connectivity index (χ2n) is 4.76. The lowest BCUT2D eigenvalue weighted by Crippen LogP contribution is -2.20. The van der Waals surface area contributed by atoms with Crippen molar-refractivity contribution in [1.82, 2.24) is 0 Å². The lowest BCUT2D eigenvalue weighted by atomic mass is 10.0. The number of ether oxygens (including phenoxy) is 2. The third kappa shape index (κ3) is 2.34. The topological polar surface area (TPSA) is 18.5 Å². The van der Waals surface area contributed by atoms with Crippen LogP contribution in [0.3, 0.4) is 0 Å². The van der Waals surface area contributed by atoms with Gasteiger partial charge in [0.2, 0.25) is 0 Å². The Morgan fingerprint density at radius 1 is 1.30 bits per heavy atom.